The number of ether oxygens (including phenoxy) is 6. The first-order valence-corrected chi connectivity index (χ1v) is 33.5. The maximum absolute atomic E-state index is 13.4. The molecule has 510 valence electrons. The molecule has 0 saturated carbocycles. The molecule has 18 atom stereocenters. The molecule has 87 heavy (non-hydrogen) atoms. The van der Waals surface area contributed by atoms with Crippen LogP contribution in [0.2, 0.25) is 0 Å². The van der Waals surface area contributed by atoms with E-state index in [1.165, 1.54) is 109 Å². The number of allylic oxidation sites excluding steroid dienone is 2. The monoisotopic (exact) mass is 1250 g/mol. The van der Waals surface area contributed by atoms with Gasteiger partial charge in [0.25, 0.3) is 5.79 Å². The summed E-state index contributed by atoms with van der Waals surface area (Å²) >= 11 is 0. The first-order valence-electron chi connectivity index (χ1n) is 33.5. The topological polar surface area (TPSA) is 373 Å². The fourth-order valence-corrected chi connectivity index (χ4v) is 11.8. The molecule has 0 aromatic heterocycles. The van der Waals surface area contributed by atoms with Gasteiger partial charge in [0.2, 0.25) is 11.8 Å². The molecule has 3 heterocycles. The van der Waals surface area contributed by atoms with Gasteiger partial charge < -0.3 is 100 Å². The maximum atomic E-state index is 13.4. The molecule has 0 bridgehead atoms. The van der Waals surface area contributed by atoms with Crippen LogP contribution in [0.4, 0.5) is 0 Å². The molecule has 3 saturated heterocycles. The lowest BCUT2D eigenvalue weighted by Crippen LogP contribution is -2.70. The zero-order valence-corrected chi connectivity index (χ0v) is 52.9. The lowest BCUT2D eigenvalue weighted by molar-refractivity contribution is -0.386. The number of nitrogens with one attached hydrogen (secondary N) is 2. The summed E-state index contributed by atoms with van der Waals surface area (Å²) in [6.07, 6.45) is 12.1. The van der Waals surface area contributed by atoms with Crippen molar-refractivity contribution in [3.8, 4) is 0 Å². The summed E-state index contributed by atoms with van der Waals surface area (Å²) in [5, 5.41) is 136. The summed E-state index contributed by atoms with van der Waals surface area (Å²) in [6, 6.07) is -2.53. The van der Waals surface area contributed by atoms with E-state index in [1.807, 2.05) is 0 Å². The lowest BCUT2D eigenvalue weighted by Gasteiger charge is -2.50. The summed E-state index contributed by atoms with van der Waals surface area (Å²) < 4.78 is 34.8. The van der Waals surface area contributed by atoms with Gasteiger partial charge >= 0.3 is 5.97 Å². The Morgan fingerprint density at radius 1 is 0.586 bits per heavy atom. The minimum Gasteiger partial charge on any atom is -0.477 e. The number of carbonyl (C=O) groups excluding carboxylic acids is 2. The molecular formula is C64H118N2O21. The molecule has 0 radical (unpaired) electrons. The SMILES string of the molecule is CCCCCC/C=C\CCCCCCCCCC(=O)NC(COC1OC(CO)C(OC2OC(CO)C(O)C(OC3(C(=O)O)CC(O)C(NC(C)=O)C(C(O)C(O)CO)O3)C2O)C(O)C1O)C(O)CCCCCCCCCCCCCCCCCCCC. The Kier molecular flexibility index (Phi) is 41.3. The van der Waals surface area contributed by atoms with Gasteiger partial charge in [0.1, 0.15) is 67.1 Å². The van der Waals surface area contributed by atoms with Crippen LogP contribution in [-0.4, -0.2) is 215 Å². The molecule has 3 rings (SSSR count). The normalized spacial score (nSPS) is 29.2. The summed E-state index contributed by atoms with van der Waals surface area (Å²) in [7, 11) is 0. The van der Waals surface area contributed by atoms with E-state index in [4.69, 9.17) is 28.4 Å². The van der Waals surface area contributed by atoms with E-state index in [0.29, 0.717) is 19.3 Å². The van der Waals surface area contributed by atoms with Crippen molar-refractivity contribution in [3.05, 3.63) is 12.2 Å². The zero-order valence-electron chi connectivity index (χ0n) is 52.9. The van der Waals surface area contributed by atoms with Crippen LogP contribution in [-0.2, 0) is 42.8 Å². The standard InChI is InChI=1S/C64H118N2O21/c1-4-6-8-10-12-14-16-18-20-21-22-24-25-27-29-31-33-35-37-46(71)45(66-51(74)38-36-34-32-30-28-26-23-19-17-15-13-11-9-7-5-2)43-82-61-56(78)55(77)58(50(42-69)84-61)85-62-57(79)60(54(76)49(41-68)83-62)87-64(63(80)81)39-47(72)52(65-44(3)70)59(86-64)53(75)48(73)40-67/h15,17,45-50,52-62,67-69,71-73,75-79H,4-14,16,18-43H2,1-3H3,(H,65,70)(H,66,74)(H,80,81)/b17-15-. The highest BCUT2D eigenvalue weighted by molar-refractivity contribution is 5.77. The van der Waals surface area contributed by atoms with Gasteiger partial charge in [-0.3, -0.25) is 9.59 Å². The second-order valence-electron chi connectivity index (χ2n) is 24.7. The third-order valence-electron chi connectivity index (χ3n) is 17.2. The Balaban J connectivity index is 1.62. The highest BCUT2D eigenvalue weighted by Crippen LogP contribution is 2.39. The molecular weight excluding hydrogens is 1130 g/mol. The fourth-order valence-electron chi connectivity index (χ4n) is 11.8. The van der Waals surface area contributed by atoms with E-state index in [9.17, 15) is 75.7 Å². The van der Waals surface area contributed by atoms with Gasteiger partial charge in [-0.2, -0.15) is 0 Å². The summed E-state index contributed by atoms with van der Waals surface area (Å²) in [5.41, 5.74) is 0. The van der Waals surface area contributed by atoms with Gasteiger partial charge in [-0.25, -0.2) is 4.79 Å². The highest BCUT2D eigenvalue weighted by Gasteiger charge is 2.60. The van der Waals surface area contributed by atoms with E-state index in [2.05, 4.69) is 36.6 Å². The van der Waals surface area contributed by atoms with Gasteiger partial charge in [-0.1, -0.05) is 193 Å². The summed E-state index contributed by atoms with van der Waals surface area (Å²) in [4.78, 5) is 38.5. The number of aliphatic hydroxyl groups excluding tert-OH is 11. The molecule has 3 aliphatic rings. The molecule has 3 aliphatic heterocycles. The molecule has 14 N–H and O–H groups in total. The number of carbonyl (C=O) groups is 3. The van der Waals surface area contributed by atoms with Crippen molar-refractivity contribution in [1.82, 2.24) is 10.6 Å². The van der Waals surface area contributed by atoms with Crippen molar-refractivity contribution in [1.29, 1.82) is 0 Å². The van der Waals surface area contributed by atoms with Crippen molar-refractivity contribution in [2.24, 2.45) is 0 Å². The van der Waals surface area contributed by atoms with Gasteiger partial charge in [0.15, 0.2) is 12.6 Å². The Labute approximate surface area is 518 Å². The molecule has 0 aromatic rings. The number of carboxylic acid groups (broad SMARTS) is 1. The lowest BCUT2D eigenvalue weighted by atomic mass is 9.88. The summed E-state index contributed by atoms with van der Waals surface area (Å²) in [6.45, 7) is 2.18. The van der Waals surface area contributed by atoms with Crippen LogP contribution in [0, 0.1) is 0 Å². The predicted molar refractivity (Wildman–Crippen MR) is 325 cm³/mol. The quantitative estimate of drug-likeness (QED) is 0.0278. The first-order chi connectivity index (χ1) is 41.9. The van der Waals surface area contributed by atoms with Gasteiger partial charge in [-0.15, -0.1) is 0 Å². The molecule has 0 aromatic carbocycles. The molecule has 2 amide bonds. The number of hydrogen-bond donors (Lipinski definition) is 14. The number of hydrogen-bond acceptors (Lipinski definition) is 20. The predicted octanol–water partition coefficient (Wildman–Crippen LogP) is 5.12. The second kappa shape index (κ2) is 45.7. The number of amides is 2. The minimum absolute atomic E-state index is 0.219. The van der Waals surface area contributed by atoms with E-state index >= 15 is 0 Å². The van der Waals surface area contributed by atoms with Gasteiger partial charge in [0, 0.05) is 19.8 Å². The van der Waals surface area contributed by atoms with Crippen molar-refractivity contribution in [2.75, 3.05) is 26.4 Å². The first kappa shape index (κ1) is 78.7. The van der Waals surface area contributed by atoms with Crippen LogP contribution in [0.5, 0.6) is 0 Å². The largest absolute Gasteiger partial charge is 0.477 e. The Morgan fingerprint density at radius 3 is 1.56 bits per heavy atom. The third kappa shape index (κ3) is 28.9. The second-order valence-corrected chi connectivity index (χ2v) is 24.7. The zero-order chi connectivity index (χ0) is 64.0. The molecule has 0 spiro atoms. The molecule has 23 nitrogen and oxygen atoms in total. The van der Waals surface area contributed by atoms with Crippen LogP contribution < -0.4 is 10.6 Å². The number of carboxylic acids is 1. The fraction of sp³-hybridized carbons (Fsp3) is 0.922. The van der Waals surface area contributed by atoms with Crippen molar-refractivity contribution < 1.29 is 104 Å². The van der Waals surface area contributed by atoms with Crippen LogP contribution in [0.15, 0.2) is 12.2 Å². The Morgan fingerprint density at radius 2 is 1.07 bits per heavy atom. The highest BCUT2D eigenvalue weighted by atomic mass is 16.8. The van der Waals surface area contributed by atoms with E-state index in [-0.39, 0.29) is 18.9 Å². The Hall–Kier alpha value is -2.53. The third-order valence-corrected chi connectivity index (χ3v) is 17.2. The summed E-state index contributed by atoms with van der Waals surface area (Å²) in [5.74, 6) is -6.10. The van der Waals surface area contributed by atoms with Crippen molar-refractivity contribution >= 4 is 17.8 Å². The molecule has 3 fully saturated rings. The van der Waals surface area contributed by atoms with Gasteiger partial charge in [-0.05, 0) is 38.5 Å². The number of aliphatic hydroxyl groups is 11. The average Bonchev–Trinajstić information content (AvgIpc) is 1.02. The van der Waals surface area contributed by atoms with Crippen LogP contribution in [0.1, 0.15) is 239 Å². The van der Waals surface area contributed by atoms with Crippen LogP contribution >= 0.6 is 0 Å². The Bertz CT molecular complexity index is 1820. The smallest absolute Gasteiger partial charge is 0.364 e. The maximum Gasteiger partial charge on any atom is 0.364 e. The van der Waals surface area contributed by atoms with Crippen molar-refractivity contribution in [2.45, 2.75) is 349 Å². The van der Waals surface area contributed by atoms with Crippen LogP contribution in [0.3, 0.4) is 0 Å². The minimum atomic E-state index is -3.08. The molecule has 18 unspecified atom stereocenters. The average molecular weight is 1250 g/mol. The van der Waals surface area contributed by atoms with Gasteiger partial charge in [0.05, 0.1) is 50.7 Å². The number of unbranched alkanes of at least 4 members (excludes halogenated alkanes) is 28. The molecule has 23 heteroatoms. The van der Waals surface area contributed by atoms with E-state index in [1.54, 1.807) is 0 Å². The van der Waals surface area contributed by atoms with E-state index in [0.717, 1.165) is 84.0 Å². The molecule has 0 aliphatic carbocycles. The van der Waals surface area contributed by atoms with Crippen molar-refractivity contribution in [3.63, 3.8) is 0 Å². The number of rotatable bonds is 50. The number of aliphatic carboxylic acids is 1. The van der Waals surface area contributed by atoms with E-state index < -0.39 is 148 Å². The van der Waals surface area contributed by atoms with Crippen LogP contribution in [0.25, 0.3) is 0 Å².